The zero-order valence-corrected chi connectivity index (χ0v) is 53.3. The Balaban J connectivity index is 0.993. The van der Waals surface area contributed by atoms with Gasteiger partial charge in [0.1, 0.15) is 0 Å². The molecule has 0 bridgehead atoms. The number of benzene rings is 11. The van der Waals surface area contributed by atoms with E-state index in [-0.39, 0.29) is 35.1 Å². The molecule has 0 unspecified atom stereocenters. The van der Waals surface area contributed by atoms with Crippen LogP contribution in [0.1, 0.15) is 105 Å². The Bertz CT molecular complexity index is 5060. The molecule has 89 heavy (non-hydrogen) atoms. The van der Waals surface area contributed by atoms with Gasteiger partial charge in [-0.3, -0.25) is 0 Å². The van der Waals surface area contributed by atoms with Crippen LogP contribution in [-0.2, 0) is 21.7 Å². The number of anilines is 9. The van der Waals surface area contributed by atoms with E-state index in [1.54, 1.807) is 0 Å². The highest BCUT2D eigenvalue weighted by molar-refractivity contribution is 7.01. The Hall–Kier alpha value is -9.45. The summed E-state index contributed by atoms with van der Waals surface area (Å²) in [6.07, 6.45) is 0. The molecule has 0 saturated carbocycles. The first kappa shape index (κ1) is 53.8. The second-order valence-electron chi connectivity index (χ2n) is 29.8. The monoisotopic (exact) mass is 1150 g/mol. The van der Waals surface area contributed by atoms with Crippen LogP contribution in [0.2, 0.25) is 0 Å². The lowest BCUT2D eigenvalue weighted by Gasteiger charge is -2.42. The summed E-state index contributed by atoms with van der Waals surface area (Å²) in [5.41, 5.74) is 31.1. The third-order valence-corrected chi connectivity index (χ3v) is 20.3. The van der Waals surface area contributed by atoms with Crippen LogP contribution in [0.5, 0.6) is 0 Å². The van der Waals surface area contributed by atoms with Crippen LogP contribution in [0.15, 0.2) is 224 Å². The van der Waals surface area contributed by atoms with Gasteiger partial charge >= 0.3 is 0 Å². The maximum atomic E-state index is 2.69. The van der Waals surface area contributed by atoms with Gasteiger partial charge in [0.2, 0.25) is 0 Å². The molecule has 0 fully saturated rings. The number of aromatic nitrogens is 2. The quantitative estimate of drug-likeness (QED) is 0.160. The van der Waals surface area contributed by atoms with Crippen LogP contribution in [0.3, 0.4) is 0 Å². The Morgan fingerprint density at radius 2 is 0.708 bits per heavy atom. The van der Waals surface area contributed by atoms with Crippen LogP contribution < -0.4 is 47.5 Å². The van der Waals surface area contributed by atoms with E-state index in [0.717, 1.165) is 28.4 Å². The fourth-order valence-corrected chi connectivity index (χ4v) is 15.8. The van der Waals surface area contributed by atoms with E-state index in [0.29, 0.717) is 0 Å². The standard InChI is InChI=1S/C82H73B2N5/c1-79(2,3)50-31-38-55(39-32-50)85(56-40-33-51(34-41-56)80(4,5)6)58-46-73-76-74(47-58)89-72-49-71-61(59-23-18-26-64-77(59)88(71)70-30-20-29-69-75(70)83(64)63-25-16-17-28-67(63)86(69)54-21-14-13-15-22-54)48-62(72)60-24-19-27-65(78(60)89)84(76)66-45-53(82(10,11)12)37-44-68(66)87(73)57-42-35-52(36-43-57)81(7,8)9/h13-49H,1-12H3. The van der Waals surface area contributed by atoms with Gasteiger partial charge in [-0.25, -0.2) is 0 Å². The van der Waals surface area contributed by atoms with E-state index >= 15 is 0 Å². The van der Waals surface area contributed by atoms with Gasteiger partial charge in [0.25, 0.3) is 13.4 Å². The van der Waals surface area contributed by atoms with Crippen molar-refractivity contribution in [2.24, 2.45) is 0 Å². The third-order valence-electron chi connectivity index (χ3n) is 20.3. The first-order valence-corrected chi connectivity index (χ1v) is 32.1. The Morgan fingerprint density at radius 3 is 1.29 bits per heavy atom. The zero-order chi connectivity index (χ0) is 60.9. The highest BCUT2D eigenvalue weighted by Crippen LogP contribution is 2.49. The average Bonchev–Trinajstić information content (AvgIpc) is 1.62. The Kier molecular flexibility index (Phi) is 11.2. The van der Waals surface area contributed by atoms with Crippen molar-refractivity contribution in [3.05, 3.63) is 247 Å². The molecule has 0 atom stereocenters. The lowest BCUT2D eigenvalue weighted by atomic mass is 9.33. The molecule has 4 aliphatic heterocycles. The summed E-state index contributed by atoms with van der Waals surface area (Å²) in [7, 11) is 0. The van der Waals surface area contributed by atoms with Crippen molar-refractivity contribution in [2.75, 3.05) is 14.7 Å². The first-order valence-electron chi connectivity index (χ1n) is 32.1. The molecule has 432 valence electrons. The van der Waals surface area contributed by atoms with Gasteiger partial charge in [-0.2, -0.15) is 0 Å². The minimum absolute atomic E-state index is 0.00687. The average molecular weight is 1150 g/mol. The smallest absolute Gasteiger partial charge is 0.252 e. The molecular formula is C82H73B2N5. The molecular weight excluding hydrogens is 1080 g/mol. The van der Waals surface area contributed by atoms with Crippen LogP contribution >= 0.6 is 0 Å². The third kappa shape index (κ3) is 7.82. The highest BCUT2D eigenvalue weighted by atomic mass is 15.2. The van der Waals surface area contributed by atoms with Gasteiger partial charge in [0.15, 0.2) is 0 Å². The van der Waals surface area contributed by atoms with Crippen LogP contribution in [0.4, 0.5) is 51.2 Å². The summed E-state index contributed by atoms with van der Waals surface area (Å²) in [6, 6.07) is 87.0. The molecule has 0 N–H and O–H groups in total. The van der Waals surface area contributed by atoms with Crippen molar-refractivity contribution in [1.82, 2.24) is 9.13 Å². The van der Waals surface area contributed by atoms with E-state index in [1.807, 2.05) is 0 Å². The van der Waals surface area contributed by atoms with Gasteiger partial charge in [-0.1, -0.05) is 210 Å². The number of hydrogen-bond acceptors (Lipinski definition) is 3. The van der Waals surface area contributed by atoms with Crippen LogP contribution in [-0.4, -0.2) is 22.6 Å². The molecule has 2 aromatic heterocycles. The normalized spacial score (nSPS) is 14.0. The molecule has 17 rings (SSSR count). The summed E-state index contributed by atoms with van der Waals surface area (Å²) in [5.74, 6) is 0. The van der Waals surface area contributed by atoms with Crippen molar-refractivity contribution in [1.29, 1.82) is 0 Å². The molecule has 0 spiro atoms. The summed E-state index contributed by atoms with van der Waals surface area (Å²) < 4.78 is 5.32. The molecule has 0 radical (unpaired) electrons. The van der Waals surface area contributed by atoms with Gasteiger partial charge < -0.3 is 23.8 Å². The molecule has 0 amide bonds. The molecule has 4 aliphatic rings. The van der Waals surface area contributed by atoms with Crippen LogP contribution in [0.25, 0.3) is 55.0 Å². The van der Waals surface area contributed by atoms with Crippen molar-refractivity contribution in [2.45, 2.75) is 105 Å². The predicted molar refractivity (Wildman–Crippen MR) is 383 cm³/mol. The summed E-state index contributed by atoms with van der Waals surface area (Å²) >= 11 is 0. The minimum Gasteiger partial charge on any atom is -0.311 e. The molecule has 5 nitrogen and oxygen atoms in total. The largest absolute Gasteiger partial charge is 0.311 e. The lowest BCUT2D eigenvalue weighted by molar-refractivity contribution is 0.590. The minimum atomic E-state index is -0.0747. The van der Waals surface area contributed by atoms with Crippen molar-refractivity contribution in [3.8, 4) is 11.4 Å². The number of nitrogens with zero attached hydrogens (tertiary/aromatic N) is 5. The maximum absolute atomic E-state index is 2.69. The van der Waals surface area contributed by atoms with E-state index in [1.165, 1.54) is 133 Å². The van der Waals surface area contributed by atoms with Gasteiger partial charge in [-0.15, -0.1) is 0 Å². The number of rotatable bonds is 5. The van der Waals surface area contributed by atoms with Gasteiger partial charge in [-0.05, 0) is 174 Å². The summed E-state index contributed by atoms with van der Waals surface area (Å²) in [5, 5.41) is 5.09. The molecule has 0 aliphatic carbocycles. The molecule has 0 saturated heterocycles. The number of hydrogen-bond donors (Lipinski definition) is 0. The van der Waals surface area contributed by atoms with Crippen molar-refractivity contribution in [3.63, 3.8) is 0 Å². The topological polar surface area (TPSA) is 19.6 Å². The first-order chi connectivity index (χ1) is 42.7. The number of para-hydroxylation sites is 4. The molecule has 6 heterocycles. The van der Waals surface area contributed by atoms with E-state index in [9.17, 15) is 0 Å². The predicted octanol–water partition coefficient (Wildman–Crippen LogP) is 17.8. The number of fused-ring (bicyclic) bond motifs is 14. The maximum Gasteiger partial charge on any atom is 0.252 e. The second kappa shape index (κ2) is 18.6. The fraction of sp³-hybridized carbons (Fsp3) is 0.195. The Labute approximate surface area is 524 Å². The highest BCUT2D eigenvalue weighted by Gasteiger charge is 2.45. The van der Waals surface area contributed by atoms with Crippen LogP contribution in [0, 0.1) is 0 Å². The van der Waals surface area contributed by atoms with Gasteiger partial charge in [0, 0.05) is 89.5 Å². The van der Waals surface area contributed by atoms with E-state index in [2.05, 4.69) is 331 Å². The van der Waals surface area contributed by atoms with Crippen molar-refractivity contribution < 1.29 is 0 Å². The zero-order valence-electron chi connectivity index (χ0n) is 53.3. The molecule has 11 aromatic carbocycles. The van der Waals surface area contributed by atoms with E-state index < -0.39 is 0 Å². The fourth-order valence-electron chi connectivity index (χ4n) is 15.8. The second-order valence-corrected chi connectivity index (χ2v) is 29.8. The Morgan fingerprint density at radius 1 is 0.281 bits per heavy atom. The lowest BCUT2D eigenvalue weighted by Crippen LogP contribution is -2.60. The molecule has 7 heteroatoms. The summed E-state index contributed by atoms with van der Waals surface area (Å²) in [6.45, 7) is 27.9. The summed E-state index contributed by atoms with van der Waals surface area (Å²) in [4.78, 5) is 7.61. The SMILES string of the molecule is CC(C)(C)c1ccc(N(c2ccc(C(C)(C)C)cc2)c2cc3c4c(c2)-n2c5cc6c(cc5c5cccc(c52)B4c2cc(C(C)(C)C)ccc2N3c2ccc(C(C)(C)C)cc2)c2cccc3c2n6-c2cccc4c2B3c2ccccc2N4c2ccccc2)cc1. The molecule has 13 aromatic rings. The van der Waals surface area contributed by atoms with Gasteiger partial charge in [0.05, 0.1) is 16.7 Å². The van der Waals surface area contributed by atoms with E-state index in [4.69, 9.17) is 0 Å². The van der Waals surface area contributed by atoms with Crippen molar-refractivity contribution >= 4 is 141 Å².